The van der Waals surface area contributed by atoms with Crippen molar-refractivity contribution in [2.45, 2.75) is 6.61 Å². The molecule has 152 valence electrons. The van der Waals surface area contributed by atoms with Gasteiger partial charge in [-0.3, -0.25) is 4.79 Å². The zero-order valence-electron chi connectivity index (χ0n) is 16.5. The highest BCUT2D eigenvalue weighted by Crippen LogP contribution is 2.36. The average Bonchev–Trinajstić information content (AvgIpc) is 3.08. The van der Waals surface area contributed by atoms with E-state index in [4.69, 9.17) is 30.5 Å². The van der Waals surface area contributed by atoms with Gasteiger partial charge in [-0.1, -0.05) is 23.7 Å². The lowest BCUT2D eigenvalue weighted by atomic mass is 10.1. The molecule has 0 amide bonds. The number of ketones is 1. The standard InChI is InChI=1S/C24H19ClO5/c1-27-18-8-5-16(21(12-18)28-2)11-23-24(26)20-10-9-19(13-22(20)30-23)29-14-15-3-6-17(25)7-4-15/h3-13H,14H2,1-2H3/b23-11-. The third kappa shape index (κ3) is 4.11. The summed E-state index contributed by atoms with van der Waals surface area (Å²) in [4.78, 5) is 12.7. The number of fused-ring (bicyclic) bond motifs is 1. The van der Waals surface area contributed by atoms with Crippen LogP contribution >= 0.6 is 11.6 Å². The molecular weight excluding hydrogens is 404 g/mol. The topological polar surface area (TPSA) is 54.0 Å². The molecule has 0 aromatic heterocycles. The molecule has 0 N–H and O–H groups in total. The number of hydrogen-bond donors (Lipinski definition) is 0. The molecule has 0 fully saturated rings. The molecule has 0 aliphatic carbocycles. The minimum atomic E-state index is -0.188. The molecule has 1 aliphatic rings. The van der Waals surface area contributed by atoms with E-state index >= 15 is 0 Å². The van der Waals surface area contributed by atoms with Gasteiger partial charge in [-0.25, -0.2) is 0 Å². The lowest BCUT2D eigenvalue weighted by Crippen LogP contribution is -1.99. The van der Waals surface area contributed by atoms with Crippen LogP contribution in [0.5, 0.6) is 23.0 Å². The minimum absolute atomic E-state index is 0.188. The van der Waals surface area contributed by atoms with E-state index in [0.717, 1.165) is 5.56 Å². The first-order chi connectivity index (χ1) is 14.6. The van der Waals surface area contributed by atoms with Gasteiger partial charge in [0.05, 0.1) is 19.8 Å². The Kier molecular flexibility index (Phi) is 5.63. The van der Waals surface area contributed by atoms with E-state index in [1.54, 1.807) is 50.6 Å². The van der Waals surface area contributed by atoms with Crippen molar-refractivity contribution in [3.63, 3.8) is 0 Å². The van der Waals surface area contributed by atoms with Gasteiger partial charge >= 0.3 is 0 Å². The van der Waals surface area contributed by atoms with Crippen molar-refractivity contribution in [2.75, 3.05) is 14.2 Å². The molecule has 5 nitrogen and oxygen atoms in total. The summed E-state index contributed by atoms with van der Waals surface area (Å²) < 4.78 is 22.2. The smallest absolute Gasteiger partial charge is 0.231 e. The third-order valence-corrected chi connectivity index (χ3v) is 4.94. The number of Topliss-reactive ketones (excluding diaryl/α,β-unsaturated/α-hetero) is 1. The van der Waals surface area contributed by atoms with Crippen molar-refractivity contribution < 1.29 is 23.7 Å². The molecule has 30 heavy (non-hydrogen) atoms. The van der Waals surface area contributed by atoms with E-state index in [1.165, 1.54) is 0 Å². The van der Waals surface area contributed by atoms with E-state index in [9.17, 15) is 4.79 Å². The molecule has 0 spiro atoms. The third-order valence-electron chi connectivity index (χ3n) is 4.69. The van der Waals surface area contributed by atoms with Crippen LogP contribution in [0.2, 0.25) is 5.02 Å². The van der Waals surface area contributed by atoms with E-state index < -0.39 is 0 Å². The highest BCUT2D eigenvalue weighted by atomic mass is 35.5. The second-order valence-electron chi connectivity index (χ2n) is 6.62. The first-order valence-corrected chi connectivity index (χ1v) is 9.63. The van der Waals surface area contributed by atoms with Gasteiger partial charge in [-0.2, -0.15) is 0 Å². The molecule has 0 bridgehead atoms. The van der Waals surface area contributed by atoms with E-state index in [0.29, 0.717) is 45.8 Å². The van der Waals surface area contributed by atoms with E-state index in [2.05, 4.69) is 0 Å². The first-order valence-electron chi connectivity index (χ1n) is 9.25. The number of rotatable bonds is 6. The van der Waals surface area contributed by atoms with Gasteiger partial charge in [0.25, 0.3) is 0 Å². The Morgan fingerprint density at radius 2 is 1.70 bits per heavy atom. The predicted molar refractivity (Wildman–Crippen MR) is 115 cm³/mol. The molecule has 3 aromatic carbocycles. The monoisotopic (exact) mass is 422 g/mol. The summed E-state index contributed by atoms with van der Waals surface area (Å²) in [6, 6.07) is 18.0. The fourth-order valence-electron chi connectivity index (χ4n) is 3.08. The zero-order valence-corrected chi connectivity index (χ0v) is 17.2. The number of ether oxygens (including phenoxy) is 4. The molecule has 0 atom stereocenters. The molecular formula is C24H19ClO5. The Morgan fingerprint density at radius 1 is 0.933 bits per heavy atom. The van der Waals surface area contributed by atoms with Crippen LogP contribution in [0.1, 0.15) is 21.5 Å². The van der Waals surface area contributed by atoms with Crippen LogP contribution in [0, 0.1) is 0 Å². The maximum absolute atomic E-state index is 12.7. The second kappa shape index (κ2) is 8.51. The number of methoxy groups -OCH3 is 2. The van der Waals surface area contributed by atoms with Crippen molar-refractivity contribution >= 4 is 23.5 Å². The van der Waals surface area contributed by atoms with Crippen molar-refractivity contribution in [1.29, 1.82) is 0 Å². The maximum atomic E-state index is 12.7. The van der Waals surface area contributed by atoms with E-state index in [1.807, 2.05) is 30.3 Å². The Labute approximate surface area is 179 Å². The summed E-state index contributed by atoms with van der Waals surface area (Å²) >= 11 is 5.90. The van der Waals surface area contributed by atoms with Crippen LogP contribution in [0.4, 0.5) is 0 Å². The van der Waals surface area contributed by atoms with Crippen LogP contribution in [0.3, 0.4) is 0 Å². The maximum Gasteiger partial charge on any atom is 0.231 e. The van der Waals surface area contributed by atoms with Gasteiger partial charge in [0.15, 0.2) is 5.76 Å². The Balaban J connectivity index is 1.53. The fraction of sp³-hybridized carbons (Fsp3) is 0.125. The molecule has 0 unspecified atom stereocenters. The molecule has 1 aliphatic heterocycles. The number of allylic oxidation sites excluding steroid dienone is 1. The molecule has 4 rings (SSSR count). The van der Waals surface area contributed by atoms with Crippen LogP contribution in [0.15, 0.2) is 66.4 Å². The highest BCUT2D eigenvalue weighted by Gasteiger charge is 2.28. The van der Waals surface area contributed by atoms with Crippen LogP contribution in [-0.2, 0) is 6.61 Å². The molecule has 3 aromatic rings. The van der Waals surface area contributed by atoms with Crippen molar-refractivity contribution in [2.24, 2.45) is 0 Å². The van der Waals surface area contributed by atoms with Gasteiger partial charge in [0.1, 0.15) is 29.6 Å². The molecule has 0 saturated carbocycles. The van der Waals surface area contributed by atoms with Crippen LogP contribution in [-0.4, -0.2) is 20.0 Å². The summed E-state index contributed by atoms with van der Waals surface area (Å²) in [6.07, 6.45) is 1.66. The average molecular weight is 423 g/mol. The molecule has 0 radical (unpaired) electrons. The first kappa shape index (κ1) is 19.9. The van der Waals surface area contributed by atoms with Crippen molar-refractivity contribution in [3.05, 3.63) is 88.1 Å². The Bertz CT molecular complexity index is 1120. The molecule has 6 heteroatoms. The lowest BCUT2D eigenvalue weighted by molar-refractivity contribution is 0.101. The summed E-state index contributed by atoms with van der Waals surface area (Å²) in [5.74, 6) is 2.36. The SMILES string of the molecule is COc1ccc(/C=C2\Oc3cc(OCc4ccc(Cl)cc4)ccc3C2=O)c(OC)c1. The Morgan fingerprint density at radius 3 is 2.43 bits per heavy atom. The number of hydrogen-bond acceptors (Lipinski definition) is 5. The molecule has 0 saturated heterocycles. The van der Waals surface area contributed by atoms with Crippen molar-refractivity contribution in [3.8, 4) is 23.0 Å². The number of halogens is 1. The molecule has 1 heterocycles. The van der Waals surface area contributed by atoms with Gasteiger partial charge in [-0.05, 0) is 48.0 Å². The summed E-state index contributed by atoms with van der Waals surface area (Å²) in [7, 11) is 3.15. The summed E-state index contributed by atoms with van der Waals surface area (Å²) in [6.45, 7) is 0.385. The normalized spacial score (nSPS) is 13.7. The van der Waals surface area contributed by atoms with Crippen LogP contribution < -0.4 is 18.9 Å². The van der Waals surface area contributed by atoms with Gasteiger partial charge < -0.3 is 18.9 Å². The fourth-order valence-corrected chi connectivity index (χ4v) is 3.21. The summed E-state index contributed by atoms with van der Waals surface area (Å²) in [5.41, 5.74) is 2.20. The minimum Gasteiger partial charge on any atom is -0.497 e. The van der Waals surface area contributed by atoms with Gasteiger partial charge in [0, 0.05) is 22.7 Å². The Hall–Kier alpha value is -3.44. The quantitative estimate of drug-likeness (QED) is 0.487. The lowest BCUT2D eigenvalue weighted by Gasteiger charge is -2.08. The zero-order chi connectivity index (χ0) is 21.1. The highest BCUT2D eigenvalue weighted by molar-refractivity contribution is 6.30. The summed E-state index contributed by atoms with van der Waals surface area (Å²) in [5, 5.41) is 0.677. The van der Waals surface area contributed by atoms with Crippen LogP contribution in [0.25, 0.3) is 6.08 Å². The van der Waals surface area contributed by atoms with E-state index in [-0.39, 0.29) is 11.5 Å². The number of benzene rings is 3. The predicted octanol–water partition coefficient (Wildman–Crippen LogP) is 5.55. The second-order valence-corrected chi connectivity index (χ2v) is 7.06. The van der Waals surface area contributed by atoms with Gasteiger partial charge in [-0.15, -0.1) is 0 Å². The number of carbonyl (C=O) groups is 1. The largest absolute Gasteiger partial charge is 0.497 e. The van der Waals surface area contributed by atoms with Crippen molar-refractivity contribution in [1.82, 2.24) is 0 Å². The number of carbonyl (C=O) groups excluding carboxylic acids is 1. The van der Waals surface area contributed by atoms with Gasteiger partial charge in [0.2, 0.25) is 5.78 Å².